The van der Waals surface area contributed by atoms with E-state index in [1.165, 1.54) is 0 Å². The predicted octanol–water partition coefficient (Wildman–Crippen LogP) is 3.39. The van der Waals surface area contributed by atoms with Gasteiger partial charge in [-0.25, -0.2) is 8.42 Å². The maximum Gasteiger partial charge on any atom is 0.237 e. The zero-order chi connectivity index (χ0) is 22.7. The van der Waals surface area contributed by atoms with E-state index < -0.39 is 9.84 Å². The van der Waals surface area contributed by atoms with Crippen molar-refractivity contribution in [1.29, 1.82) is 0 Å². The molecular formula is C23H27ClN2O4S2. The van der Waals surface area contributed by atoms with Gasteiger partial charge in [-0.3, -0.25) is 9.69 Å². The van der Waals surface area contributed by atoms with E-state index in [9.17, 15) is 13.2 Å². The Morgan fingerprint density at radius 2 is 1.97 bits per heavy atom. The molecule has 0 spiro atoms. The van der Waals surface area contributed by atoms with Crippen LogP contribution in [0.2, 0.25) is 5.02 Å². The molecular weight excluding hydrogens is 468 g/mol. The van der Waals surface area contributed by atoms with Crippen molar-refractivity contribution in [3.05, 3.63) is 59.1 Å². The van der Waals surface area contributed by atoms with Crippen LogP contribution in [0.1, 0.15) is 18.4 Å². The molecule has 2 aromatic rings. The minimum atomic E-state index is -3.05. The molecule has 6 nitrogen and oxygen atoms in total. The summed E-state index contributed by atoms with van der Waals surface area (Å²) in [6, 6.07) is 15.0. The number of methoxy groups -OCH3 is 1. The van der Waals surface area contributed by atoms with E-state index in [4.69, 9.17) is 16.3 Å². The number of nitrogens with zero attached hydrogens (tertiary/aromatic N) is 1. The maximum atomic E-state index is 13.2. The van der Waals surface area contributed by atoms with E-state index in [0.29, 0.717) is 24.4 Å². The molecule has 3 atom stereocenters. The number of benzene rings is 2. The summed E-state index contributed by atoms with van der Waals surface area (Å²) in [5.74, 6) is 0.879. The summed E-state index contributed by atoms with van der Waals surface area (Å²) >= 11 is 8.13. The standard InChI is InChI=1S/C23H27ClN2O4S2/c1-30-18-6-8-19(9-7-18)31-20-12-22(23(27)25-17-10-11-32(28,29)15-17)26(14-20)13-16-4-2-3-5-21(16)24/h2-9,17,20,22H,10-15H2,1H3,(H,25,27)/t17-,20+,22-/m0/s1. The molecule has 0 radical (unpaired) electrons. The number of hydrogen-bond acceptors (Lipinski definition) is 6. The zero-order valence-electron chi connectivity index (χ0n) is 17.9. The van der Waals surface area contributed by atoms with Crippen molar-refractivity contribution >= 4 is 39.1 Å². The monoisotopic (exact) mass is 494 g/mol. The first-order chi connectivity index (χ1) is 15.3. The van der Waals surface area contributed by atoms with Crippen molar-refractivity contribution in [3.63, 3.8) is 0 Å². The topological polar surface area (TPSA) is 75.7 Å². The number of sulfone groups is 1. The minimum absolute atomic E-state index is 0.0278. The van der Waals surface area contributed by atoms with Crippen molar-refractivity contribution in [2.75, 3.05) is 25.2 Å². The van der Waals surface area contributed by atoms with E-state index in [2.05, 4.69) is 10.2 Å². The fourth-order valence-electron chi connectivity index (χ4n) is 4.29. The Morgan fingerprint density at radius 1 is 1.22 bits per heavy atom. The highest BCUT2D eigenvalue weighted by Crippen LogP contribution is 2.35. The molecule has 2 saturated heterocycles. The summed E-state index contributed by atoms with van der Waals surface area (Å²) < 4.78 is 28.8. The van der Waals surface area contributed by atoms with Gasteiger partial charge < -0.3 is 10.1 Å². The molecule has 2 fully saturated rings. The van der Waals surface area contributed by atoms with Crippen LogP contribution in [-0.4, -0.2) is 61.7 Å². The van der Waals surface area contributed by atoms with Crippen LogP contribution in [0.4, 0.5) is 0 Å². The summed E-state index contributed by atoms with van der Waals surface area (Å²) in [4.78, 5) is 16.4. The van der Waals surface area contributed by atoms with Gasteiger partial charge in [-0.1, -0.05) is 29.8 Å². The Labute approximate surface area is 198 Å². The van der Waals surface area contributed by atoms with E-state index in [-0.39, 0.29) is 34.7 Å². The van der Waals surface area contributed by atoms with Gasteiger partial charge in [0.25, 0.3) is 0 Å². The summed E-state index contributed by atoms with van der Waals surface area (Å²) in [6.45, 7) is 1.31. The lowest BCUT2D eigenvalue weighted by Gasteiger charge is -2.25. The molecule has 2 heterocycles. The predicted molar refractivity (Wildman–Crippen MR) is 128 cm³/mol. The van der Waals surface area contributed by atoms with Gasteiger partial charge in [-0.05, 0) is 48.7 Å². The van der Waals surface area contributed by atoms with Gasteiger partial charge in [0.05, 0.1) is 24.7 Å². The van der Waals surface area contributed by atoms with E-state index in [1.807, 2.05) is 48.5 Å². The molecule has 0 aliphatic carbocycles. The van der Waals surface area contributed by atoms with E-state index in [1.54, 1.807) is 18.9 Å². The summed E-state index contributed by atoms with van der Waals surface area (Å²) in [6.07, 6.45) is 1.17. The first kappa shape index (κ1) is 23.4. The number of rotatable bonds is 7. The molecule has 9 heteroatoms. The molecule has 0 bridgehead atoms. The molecule has 4 rings (SSSR count). The van der Waals surface area contributed by atoms with Crippen molar-refractivity contribution in [2.24, 2.45) is 0 Å². The first-order valence-electron chi connectivity index (χ1n) is 10.6. The highest BCUT2D eigenvalue weighted by atomic mass is 35.5. The second-order valence-electron chi connectivity index (χ2n) is 8.30. The molecule has 32 heavy (non-hydrogen) atoms. The van der Waals surface area contributed by atoms with Crippen LogP contribution < -0.4 is 10.1 Å². The SMILES string of the molecule is COc1ccc(S[C@@H]2C[C@@H](C(=O)N[C@H]3CCS(=O)(=O)C3)N(Cc3ccccc3Cl)C2)cc1. The molecule has 1 N–H and O–H groups in total. The third kappa shape index (κ3) is 5.78. The summed E-state index contributed by atoms with van der Waals surface area (Å²) in [5.41, 5.74) is 0.977. The van der Waals surface area contributed by atoms with Gasteiger partial charge in [0, 0.05) is 34.3 Å². The van der Waals surface area contributed by atoms with Crippen LogP contribution in [0, 0.1) is 0 Å². The lowest BCUT2D eigenvalue weighted by Crippen LogP contribution is -2.47. The molecule has 2 aliphatic rings. The third-order valence-electron chi connectivity index (χ3n) is 5.94. The summed E-state index contributed by atoms with van der Waals surface area (Å²) in [7, 11) is -1.41. The zero-order valence-corrected chi connectivity index (χ0v) is 20.3. The lowest BCUT2D eigenvalue weighted by atomic mass is 10.1. The van der Waals surface area contributed by atoms with Gasteiger partial charge in [0.2, 0.25) is 5.91 Å². The maximum absolute atomic E-state index is 13.2. The number of ether oxygens (including phenoxy) is 1. The number of halogens is 1. The van der Waals surface area contributed by atoms with Crippen LogP contribution in [0.25, 0.3) is 0 Å². The average Bonchev–Trinajstić information content (AvgIpc) is 3.32. The fraction of sp³-hybridized carbons (Fsp3) is 0.435. The Balaban J connectivity index is 1.47. The van der Waals surface area contributed by atoms with Gasteiger partial charge in [0.1, 0.15) is 5.75 Å². The Bertz CT molecular complexity index is 1060. The van der Waals surface area contributed by atoms with Crippen LogP contribution >= 0.6 is 23.4 Å². The van der Waals surface area contributed by atoms with Crippen molar-refractivity contribution < 1.29 is 17.9 Å². The fourth-order valence-corrected chi connectivity index (χ4v) is 7.38. The molecule has 1 amide bonds. The largest absolute Gasteiger partial charge is 0.497 e. The summed E-state index contributed by atoms with van der Waals surface area (Å²) in [5, 5.41) is 3.90. The first-order valence-corrected chi connectivity index (χ1v) is 13.7. The molecule has 172 valence electrons. The Kier molecular flexibility index (Phi) is 7.34. The number of carbonyl (C=O) groups is 1. The number of likely N-dealkylation sites (tertiary alicyclic amines) is 1. The number of thioether (sulfide) groups is 1. The van der Waals surface area contributed by atoms with Crippen LogP contribution in [0.15, 0.2) is 53.4 Å². The quantitative estimate of drug-likeness (QED) is 0.636. The van der Waals surface area contributed by atoms with Gasteiger partial charge >= 0.3 is 0 Å². The van der Waals surface area contributed by atoms with Crippen LogP contribution in [-0.2, 0) is 21.2 Å². The lowest BCUT2D eigenvalue weighted by molar-refractivity contribution is -0.126. The smallest absolute Gasteiger partial charge is 0.237 e. The second kappa shape index (κ2) is 10.0. The van der Waals surface area contributed by atoms with Crippen molar-refractivity contribution in [1.82, 2.24) is 10.2 Å². The number of amides is 1. The molecule has 0 unspecified atom stereocenters. The molecule has 0 saturated carbocycles. The highest BCUT2D eigenvalue weighted by Gasteiger charge is 2.39. The number of hydrogen-bond donors (Lipinski definition) is 1. The Morgan fingerprint density at radius 3 is 2.62 bits per heavy atom. The average molecular weight is 495 g/mol. The highest BCUT2D eigenvalue weighted by molar-refractivity contribution is 8.00. The number of carbonyl (C=O) groups excluding carboxylic acids is 1. The van der Waals surface area contributed by atoms with Gasteiger partial charge in [-0.2, -0.15) is 0 Å². The van der Waals surface area contributed by atoms with Crippen LogP contribution in [0.5, 0.6) is 5.75 Å². The van der Waals surface area contributed by atoms with Gasteiger partial charge in [0.15, 0.2) is 9.84 Å². The number of nitrogens with one attached hydrogen (secondary N) is 1. The van der Waals surface area contributed by atoms with E-state index >= 15 is 0 Å². The second-order valence-corrected chi connectivity index (χ2v) is 12.3. The Hall–Kier alpha value is -1.74. The molecule has 2 aliphatic heterocycles. The normalized spacial score (nSPS) is 25.0. The molecule has 0 aromatic heterocycles. The third-order valence-corrected chi connectivity index (χ3v) is 9.30. The molecule has 2 aromatic carbocycles. The minimum Gasteiger partial charge on any atom is -0.497 e. The van der Waals surface area contributed by atoms with E-state index in [0.717, 1.165) is 22.8 Å². The van der Waals surface area contributed by atoms with Crippen molar-refractivity contribution in [2.45, 2.75) is 41.6 Å². The van der Waals surface area contributed by atoms with Crippen LogP contribution in [0.3, 0.4) is 0 Å². The van der Waals surface area contributed by atoms with Crippen molar-refractivity contribution in [3.8, 4) is 5.75 Å². The van der Waals surface area contributed by atoms with Gasteiger partial charge in [-0.15, -0.1) is 11.8 Å².